The maximum Gasteiger partial charge on any atom is 0.405 e. The lowest BCUT2D eigenvalue weighted by Gasteiger charge is -2.38. The number of nitrogens with zero attached hydrogens (tertiary/aromatic N) is 1. The van der Waals surface area contributed by atoms with E-state index < -0.39 is 12.2 Å². The molecule has 27 heavy (non-hydrogen) atoms. The van der Waals surface area contributed by atoms with Crippen LogP contribution in [0.1, 0.15) is 38.4 Å². The molecule has 2 heterocycles. The number of amides is 1. The molecule has 1 aliphatic carbocycles. The predicted octanol–water partition coefficient (Wildman–Crippen LogP) is 4.09. The molecule has 2 aromatic rings. The van der Waals surface area contributed by atoms with Crippen molar-refractivity contribution in [1.29, 1.82) is 0 Å². The van der Waals surface area contributed by atoms with Crippen LogP contribution in [0.15, 0.2) is 36.5 Å². The van der Waals surface area contributed by atoms with Gasteiger partial charge in [0.1, 0.15) is 11.9 Å². The number of aromatic nitrogens is 1. The molecular formula is C21H24N2O4. The van der Waals surface area contributed by atoms with Crippen LogP contribution in [-0.2, 0) is 4.74 Å². The molecular weight excluding hydrogens is 344 g/mol. The molecule has 1 unspecified atom stereocenters. The van der Waals surface area contributed by atoms with E-state index in [1.54, 1.807) is 6.20 Å². The van der Waals surface area contributed by atoms with Gasteiger partial charge in [0, 0.05) is 28.8 Å². The summed E-state index contributed by atoms with van der Waals surface area (Å²) in [6.45, 7) is 5.16. The predicted molar refractivity (Wildman–Crippen MR) is 101 cm³/mol. The van der Waals surface area contributed by atoms with Crippen LogP contribution >= 0.6 is 0 Å². The summed E-state index contributed by atoms with van der Waals surface area (Å²) in [6, 6.07) is 9.73. The zero-order chi connectivity index (χ0) is 19.0. The minimum atomic E-state index is -0.781. The van der Waals surface area contributed by atoms with Gasteiger partial charge >= 0.3 is 6.09 Å². The molecule has 0 spiro atoms. The van der Waals surface area contributed by atoms with E-state index >= 15 is 0 Å². The molecule has 1 aromatic heterocycles. The van der Waals surface area contributed by atoms with Crippen LogP contribution in [0.25, 0.3) is 11.1 Å². The van der Waals surface area contributed by atoms with E-state index in [1.807, 2.05) is 44.2 Å². The first-order valence-electron chi connectivity index (χ1n) is 9.24. The average molecular weight is 368 g/mol. The topological polar surface area (TPSA) is 83.7 Å². The molecule has 0 radical (unpaired) electrons. The zero-order valence-electron chi connectivity index (χ0n) is 15.6. The Kier molecular flexibility index (Phi) is 4.42. The Morgan fingerprint density at radius 1 is 1.26 bits per heavy atom. The van der Waals surface area contributed by atoms with Crippen molar-refractivity contribution in [3.63, 3.8) is 0 Å². The Balaban J connectivity index is 1.56. The third-order valence-corrected chi connectivity index (χ3v) is 5.07. The highest BCUT2D eigenvalue weighted by Crippen LogP contribution is 2.46. The van der Waals surface area contributed by atoms with Crippen LogP contribution in [0.2, 0.25) is 0 Å². The smallest absolute Gasteiger partial charge is 0.405 e. The first-order valence-corrected chi connectivity index (χ1v) is 9.24. The normalized spacial score (nSPS) is 20.3. The first-order chi connectivity index (χ1) is 12.9. The van der Waals surface area contributed by atoms with Gasteiger partial charge in [-0.2, -0.15) is 0 Å². The first kappa shape index (κ1) is 17.6. The van der Waals surface area contributed by atoms with E-state index in [9.17, 15) is 4.79 Å². The third-order valence-electron chi connectivity index (χ3n) is 5.07. The number of carbonyl (C=O) groups is 1. The van der Waals surface area contributed by atoms with E-state index in [0.29, 0.717) is 24.2 Å². The van der Waals surface area contributed by atoms with Crippen molar-refractivity contribution in [2.24, 2.45) is 17.1 Å². The number of hydrogen-bond donors (Lipinski definition) is 1. The quantitative estimate of drug-likeness (QED) is 0.859. The van der Waals surface area contributed by atoms with Crippen molar-refractivity contribution >= 4 is 6.09 Å². The molecule has 1 aliphatic heterocycles. The highest BCUT2D eigenvalue weighted by molar-refractivity contribution is 5.68. The van der Waals surface area contributed by atoms with Gasteiger partial charge in [0.15, 0.2) is 0 Å². The number of hydrogen-bond acceptors (Lipinski definition) is 5. The van der Waals surface area contributed by atoms with Crippen molar-refractivity contribution in [2.75, 3.05) is 13.2 Å². The van der Waals surface area contributed by atoms with E-state index in [1.165, 1.54) is 12.8 Å². The van der Waals surface area contributed by atoms with Crippen LogP contribution < -0.4 is 15.2 Å². The Hall–Kier alpha value is -2.76. The number of pyridine rings is 1. The zero-order valence-corrected chi connectivity index (χ0v) is 15.6. The second-order valence-corrected chi connectivity index (χ2v) is 7.99. The van der Waals surface area contributed by atoms with E-state index in [-0.39, 0.29) is 5.41 Å². The standard InChI is InChI=1S/C21H24N2O4/c1-21(2)12-26-17-9-14(5-7-16(17)19(21)27-20(22)24)15-6-8-18(23-10-15)25-11-13-3-4-13/h5-10,13,19H,3-4,11-12H2,1-2H3,(H2,22,24). The third kappa shape index (κ3) is 3.84. The molecule has 2 aliphatic rings. The summed E-state index contributed by atoms with van der Waals surface area (Å²) in [5.41, 5.74) is 7.68. The number of fused-ring (bicyclic) bond motifs is 1. The number of rotatable bonds is 5. The van der Waals surface area contributed by atoms with Crippen molar-refractivity contribution in [2.45, 2.75) is 32.8 Å². The van der Waals surface area contributed by atoms with Crippen LogP contribution in [0, 0.1) is 11.3 Å². The largest absolute Gasteiger partial charge is 0.492 e. The van der Waals surface area contributed by atoms with Gasteiger partial charge in [-0.15, -0.1) is 0 Å². The Morgan fingerprint density at radius 3 is 2.70 bits per heavy atom. The minimum Gasteiger partial charge on any atom is -0.492 e. The summed E-state index contributed by atoms with van der Waals surface area (Å²) in [5, 5.41) is 0. The summed E-state index contributed by atoms with van der Waals surface area (Å²) >= 11 is 0. The van der Waals surface area contributed by atoms with Gasteiger partial charge in [0.05, 0.1) is 13.2 Å². The minimum absolute atomic E-state index is 0.356. The van der Waals surface area contributed by atoms with Crippen molar-refractivity contribution < 1.29 is 19.0 Å². The number of nitrogens with two attached hydrogens (primary N) is 1. The molecule has 1 atom stereocenters. The number of carbonyl (C=O) groups excluding carboxylic acids is 1. The number of benzene rings is 1. The highest BCUT2D eigenvalue weighted by Gasteiger charge is 2.40. The molecule has 1 saturated carbocycles. The van der Waals surface area contributed by atoms with Gasteiger partial charge in [-0.3, -0.25) is 0 Å². The molecule has 1 aromatic carbocycles. The molecule has 0 saturated heterocycles. The summed E-state index contributed by atoms with van der Waals surface area (Å²) in [7, 11) is 0. The van der Waals surface area contributed by atoms with Gasteiger partial charge in [-0.25, -0.2) is 9.78 Å². The lowest BCUT2D eigenvalue weighted by atomic mass is 9.80. The fraction of sp³-hybridized carbons (Fsp3) is 0.429. The van der Waals surface area contributed by atoms with Crippen LogP contribution in [0.5, 0.6) is 11.6 Å². The van der Waals surface area contributed by atoms with Crippen LogP contribution in [0.4, 0.5) is 4.79 Å². The summed E-state index contributed by atoms with van der Waals surface area (Å²) in [6.07, 6.45) is 3.09. The maximum absolute atomic E-state index is 11.3. The Bertz CT molecular complexity index is 844. The molecule has 6 heteroatoms. The van der Waals surface area contributed by atoms with E-state index in [4.69, 9.17) is 19.9 Å². The summed E-state index contributed by atoms with van der Waals surface area (Å²) < 4.78 is 17.0. The fourth-order valence-corrected chi connectivity index (χ4v) is 3.28. The van der Waals surface area contributed by atoms with Gasteiger partial charge in [0.25, 0.3) is 0 Å². The second kappa shape index (κ2) is 6.76. The molecule has 1 fully saturated rings. The molecule has 2 N–H and O–H groups in total. The average Bonchev–Trinajstić information content (AvgIpc) is 3.47. The van der Waals surface area contributed by atoms with E-state index in [2.05, 4.69) is 4.98 Å². The molecule has 6 nitrogen and oxygen atoms in total. The van der Waals surface area contributed by atoms with Gasteiger partial charge in [-0.05, 0) is 36.5 Å². The lowest BCUT2D eigenvalue weighted by Crippen LogP contribution is -2.37. The summed E-state index contributed by atoms with van der Waals surface area (Å²) in [5.74, 6) is 2.05. The fourth-order valence-electron chi connectivity index (χ4n) is 3.28. The summed E-state index contributed by atoms with van der Waals surface area (Å²) in [4.78, 5) is 15.7. The number of primary amides is 1. The van der Waals surface area contributed by atoms with Crippen molar-refractivity contribution in [1.82, 2.24) is 4.98 Å². The van der Waals surface area contributed by atoms with Crippen LogP contribution in [-0.4, -0.2) is 24.3 Å². The van der Waals surface area contributed by atoms with Crippen molar-refractivity contribution in [3.8, 4) is 22.8 Å². The second-order valence-electron chi connectivity index (χ2n) is 7.99. The molecule has 0 bridgehead atoms. The maximum atomic E-state index is 11.3. The van der Waals surface area contributed by atoms with E-state index in [0.717, 1.165) is 23.3 Å². The van der Waals surface area contributed by atoms with Gasteiger partial charge < -0.3 is 19.9 Å². The van der Waals surface area contributed by atoms with Gasteiger partial charge in [-0.1, -0.05) is 26.0 Å². The van der Waals surface area contributed by atoms with Crippen LogP contribution in [0.3, 0.4) is 0 Å². The molecule has 142 valence electrons. The molecule has 4 rings (SSSR count). The Labute approximate surface area is 158 Å². The SMILES string of the molecule is CC1(C)COc2cc(-c3ccc(OCC4CC4)nc3)ccc2C1OC(N)=O. The molecule has 1 amide bonds. The van der Waals surface area contributed by atoms with Gasteiger partial charge in [0.2, 0.25) is 5.88 Å². The lowest BCUT2D eigenvalue weighted by molar-refractivity contribution is -0.0176. The monoisotopic (exact) mass is 368 g/mol. The number of ether oxygens (including phenoxy) is 3. The van der Waals surface area contributed by atoms with Crippen molar-refractivity contribution in [3.05, 3.63) is 42.1 Å². The highest BCUT2D eigenvalue weighted by atomic mass is 16.6. The Morgan fingerprint density at radius 2 is 2.04 bits per heavy atom.